The zero-order chi connectivity index (χ0) is 14.5. The van der Waals surface area contributed by atoms with E-state index in [9.17, 15) is 9.18 Å². The molecular weight excluding hydrogens is 247 g/mol. The second-order valence-electron chi connectivity index (χ2n) is 5.08. The van der Waals surface area contributed by atoms with E-state index in [-0.39, 0.29) is 5.82 Å². The first-order chi connectivity index (χ1) is 8.83. The lowest BCUT2D eigenvalue weighted by Gasteiger charge is -2.21. The molecule has 3 N–H and O–H groups in total. The molecule has 1 rings (SSSR count). The predicted molar refractivity (Wildman–Crippen MR) is 73.7 cm³/mol. The molecule has 1 aromatic carbocycles. The molecule has 0 heterocycles. The summed E-state index contributed by atoms with van der Waals surface area (Å²) < 4.78 is 12.8. The Labute approximate surface area is 113 Å². The lowest BCUT2D eigenvalue weighted by atomic mass is 9.96. The van der Waals surface area contributed by atoms with Crippen molar-refractivity contribution in [2.75, 3.05) is 18.5 Å². The van der Waals surface area contributed by atoms with Crippen LogP contribution in [0.4, 0.5) is 10.1 Å². The van der Waals surface area contributed by atoms with Crippen molar-refractivity contribution < 1.29 is 14.3 Å². The van der Waals surface area contributed by atoms with Crippen molar-refractivity contribution in [2.45, 2.75) is 31.7 Å². The Balaban J connectivity index is 2.33. The van der Waals surface area contributed by atoms with Crippen molar-refractivity contribution in [3.05, 3.63) is 30.1 Å². The number of aliphatic carboxylic acids is 1. The van der Waals surface area contributed by atoms with Crippen LogP contribution in [-0.2, 0) is 4.79 Å². The molecular formula is C14H21FN2O2. The molecule has 1 aromatic rings. The third-order valence-electron chi connectivity index (χ3n) is 3.20. The lowest BCUT2D eigenvalue weighted by Crippen LogP contribution is -2.44. The van der Waals surface area contributed by atoms with Gasteiger partial charge in [0.1, 0.15) is 11.4 Å². The maximum atomic E-state index is 12.8. The molecule has 0 fully saturated rings. The van der Waals surface area contributed by atoms with E-state index < -0.39 is 11.5 Å². The van der Waals surface area contributed by atoms with E-state index in [4.69, 9.17) is 10.8 Å². The van der Waals surface area contributed by atoms with Crippen molar-refractivity contribution in [1.29, 1.82) is 0 Å². The highest BCUT2D eigenvalue weighted by molar-refractivity contribution is 5.77. The molecule has 0 saturated heterocycles. The zero-order valence-electron chi connectivity index (χ0n) is 11.4. The number of nitrogens with two attached hydrogens (primary N) is 1. The van der Waals surface area contributed by atoms with Crippen LogP contribution in [-0.4, -0.2) is 30.2 Å². The third kappa shape index (κ3) is 4.87. The summed E-state index contributed by atoms with van der Waals surface area (Å²) in [7, 11) is 1.92. The molecule has 5 heteroatoms. The predicted octanol–water partition coefficient (Wildman–Crippen LogP) is 2.23. The monoisotopic (exact) mass is 268 g/mol. The number of anilines is 1. The quantitative estimate of drug-likeness (QED) is 0.744. The Morgan fingerprint density at radius 1 is 1.37 bits per heavy atom. The average Bonchev–Trinajstić information content (AvgIpc) is 2.35. The van der Waals surface area contributed by atoms with Crippen LogP contribution in [0.5, 0.6) is 0 Å². The minimum atomic E-state index is -1.16. The number of unbranched alkanes of at least 4 members (excludes halogenated alkanes) is 1. The van der Waals surface area contributed by atoms with Gasteiger partial charge in [0.2, 0.25) is 0 Å². The lowest BCUT2D eigenvalue weighted by molar-refractivity contribution is -0.142. The standard InChI is InChI=1S/C14H21FN2O2/c1-14(16,13(18)19)9-3-4-10-17(2)12-7-5-11(15)6-8-12/h5-8H,3-4,9-10,16H2,1-2H3,(H,18,19). The molecule has 0 aliphatic heterocycles. The highest BCUT2D eigenvalue weighted by Gasteiger charge is 2.26. The van der Waals surface area contributed by atoms with Crippen LogP contribution in [0.1, 0.15) is 26.2 Å². The largest absolute Gasteiger partial charge is 0.480 e. The van der Waals surface area contributed by atoms with Crippen LogP contribution >= 0.6 is 0 Å². The van der Waals surface area contributed by atoms with E-state index in [0.717, 1.165) is 25.1 Å². The summed E-state index contributed by atoms with van der Waals surface area (Å²) in [6, 6.07) is 6.29. The van der Waals surface area contributed by atoms with E-state index in [2.05, 4.69) is 0 Å². The maximum Gasteiger partial charge on any atom is 0.323 e. The van der Waals surface area contributed by atoms with Gasteiger partial charge in [-0.15, -0.1) is 0 Å². The van der Waals surface area contributed by atoms with Gasteiger partial charge in [-0.1, -0.05) is 0 Å². The van der Waals surface area contributed by atoms with Crippen molar-refractivity contribution in [3.63, 3.8) is 0 Å². The molecule has 4 nitrogen and oxygen atoms in total. The number of hydrogen-bond acceptors (Lipinski definition) is 3. The van der Waals surface area contributed by atoms with Crippen LogP contribution in [0.3, 0.4) is 0 Å². The first-order valence-electron chi connectivity index (χ1n) is 6.32. The molecule has 1 unspecified atom stereocenters. The molecule has 19 heavy (non-hydrogen) atoms. The smallest absolute Gasteiger partial charge is 0.323 e. The van der Waals surface area contributed by atoms with Gasteiger partial charge in [0, 0.05) is 19.3 Å². The number of carboxylic acid groups (broad SMARTS) is 1. The van der Waals surface area contributed by atoms with Crippen molar-refractivity contribution >= 4 is 11.7 Å². The fraction of sp³-hybridized carbons (Fsp3) is 0.500. The number of benzene rings is 1. The minimum absolute atomic E-state index is 0.252. The van der Waals surface area contributed by atoms with Gasteiger partial charge in [-0.05, 0) is 50.5 Å². The van der Waals surface area contributed by atoms with Gasteiger partial charge in [-0.25, -0.2) is 4.39 Å². The SMILES string of the molecule is CN(CCCCC(C)(N)C(=O)O)c1ccc(F)cc1. The van der Waals surface area contributed by atoms with Crippen molar-refractivity contribution in [3.8, 4) is 0 Å². The molecule has 0 spiro atoms. The molecule has 0 aliphatic carbocycles. The first-order valence-corrected chi connectivity index (χ1v) is 6.32. The summed E-state index contributed by atoms with van der Waals surface area (Å²) >= 11 is 0. The van der Waals surface area contributed by atoms with Gasteiger partial charge in [-0.2, -0.15) is 0 Å². The van der Waals surface area contributed by atoms with E-state index >= 15 is 0 Å². The van der Waals surface area contributed by atoms with Crippen molar-refractivity contribution in [1.82, 2.24) is 0 Å². The highest BCUT2D eigenvalue weighted by Crippen LogP contribution is 2.15. The Kier molecular flexibility index (Phi) is 5.30. The van der Waals surface area contributed by atoms with Crippen LogP contribution in [0.2, 0.25) is 0 Å². The van der Waals surface area contributed by atoms with E-state index in [1.165, 1.54) is 19.1 Å². The van der Waals surface area contributed by atoms with Gasteiger partial charge >= 0.3 is 5.97 Å². The molecule has 0 radical (unpaired) electrons. The Morgan fingerprint density at radius 3 is 2.47 bits per heavy atom. The van der Waals surface area contributed by atoms with Gasteiger partial charge in [0.15, 0.2) is 0 Å². The van der Waals surface area contributed by atoms with Crippen LogP contribution in [0.25, 0.3) is 0 Å². The van der Waals surface area contributed by atoms with Crippen LogP contribution in [0.15, 0.2) is 24.3 Å². The van der Waals surface area contributed by atoms with Gasteiger partial charge in [0.25, 0.3) is 0 Å². The number of carboxylic acids is 1. The number of carbonyl (C=O) groups is 1. The van der Waals surface area contributed by atoms with E-state index in [1.54, 1.807) is 12.1 Å². The Morgan fingerprint density at radius 2 is 1.95 bits per heavy atom. The summed E-state index contributed by atoms with van der Waals surface area (Å²) in [6.07, 6.45) is 2.03. The third-order valence-corrected chi connectivity index (χ3v) is 3.20. The molecule has 106 valence electrons. The maximum absolute atomic E-state index is 12.8. The topological polar surface area (TPSA) is 66.6 Å². The molecule has 0 saturated carbocycles. The zero-order valence-corrected chi connectivity index (χ0v) is 11.4. The summed E-state index contributed by atoms with van der Waals surface area (Å²) in [5.41, 5.74) is 5.43. The molecule has 0 amide bonds. The fourth-order valence-corrected chi connectivity index (χ4v) is 1.77. The number of hydrogen-bond donors (Lipinski definition) is 2. The number of nitrogens with zero attached hydrogens (tertiary/aromatic N) is 1. The van der Waals surface area contributed by atoms with Crippen LogP contribution < -0.4 is 10.6 Å². The second kappa shape index (κ2) is 6.52. The number of halogens is 1. The highest BCUT2D eigenvalue weighted by atomic mass is 19.1. The second-order valence-corrected chi connectivity index (χ2v) is 5.08. The Bertz CT molecular complexity index is 418. The normalized spacial score (nSPS) is 13.9. The first kappa shape index (κ1) is 15.4. The molecule has 1 atom stereocenters. The Hall–Kier alpha value is -1.62. The summed E-state index contributed by atoms with van der Waals surface area (Å²) in [5.74, 6) is -1.23. The fourth-order valence-electron chi connectivity index (χ4n) is 1.77. The van der Waals surface area contributed by atoms with Crippen LogP contribution in [0, 0.1) is 5.82 Å². The average molecular weight is 268 g/mol. The molecule has 0 aliphatic rings. The molecule has 0 bridgehead atoms. The summed E-state index contributed by atoms with van der Waals surface area (Å²) in [6.45, 7) is 2.31. The summed E-state index contributed by atoms with van der Waals surface area (Å²) in [4.78, 5) is 12.8. The molecule has 0 aromatic heterocycles. The van der Waals surface area contributed by atoms with E-state index in [1.807, 2.05) is 11.9 Å². The van der Waals surface area contributed by atoms with Crippen molar-refractivity contribution in [2.24, 2.45) is 5.73 Å². The van der Waals surface area contributed by atoms with Gasteiger partial charge in [-0.3, -0.25) is 4.79 Å². The summed E-state index contributed by atoms with van der Waals surface area (Å²) in [5, 5.41) is 8.88. The van der Waals surface area contributed by atoms with Gasteiger partial charge < -0.3 is 15.7 Å². The number of rotatable bonds is 7. The van der Waals surface area contributed by atoms with Gasteiger partial charge in [0.05, 0.1) is 0 Å². The minimum Gasteiger partial charge on any atom is -0.480 e. The van der Waals surface area contributed by atoms with E-state index in [0.29, 0.717) is 6.42 Å².